The molecule has 0 saturated heterocycles. The second kappa shape index (κ2) is 10.7. The molecule has 0 aromatic heterocycles. The predicted molar refractivity (Wildman–Crippen MR) is 102 cm³/mol. The zero-order chi connectivity index (χ0) is 14.9. The third-order valence-corrected chi connectivity index (χ3v) is 3.00. The average Bonchev–Trinajstić information content (AvgIpc) is 2.29. The van der Waals surface area contributed by atoms with E-state index in [4.69, 9.17) is 9.84 Å². The number of alkyl halides is 6. The van der Waals surface area contributed by atoms with E-state index in [0.29, 0.717) is 13.2 Å². The van der Waals surface area contributed by atoms with Crippen molar-refractivity contribution in [2.75, 3.05) is 13.2 Å². The highest BCUT2D eigenvalue weighted by Gasteiger charge is 2.17. The van der Waals surface area contributed by atoms with Crippen LogP contribution in [0.25, 0.3) is 0 Å². The molecule has 0 aliphatic rings. The molecule has 0 unspecified atom stereocenters. The zero-order valence-corrected chi connectivity index (χ0v) is 19.1. The van der Waals surface area contributed by atoms with E-state index in [-0.39, 0.29) is 8.75 Å². The molecule has 110 valence electrons. The third kappa shape index (κ3) is 16.2. The minimum absolute atomic E-state index is 0.0208. The van der Waals surface area contributed by atoms with Crippen molar-refractivity contribution in [3.63, 3.8) is 0 Å². The lowest BCUT2D eigenvalue weighted by molar-refractivity contribution is 0.131. The lowest BCUT2D eigenvalue weighted by Gasteiger charge is -2.12. The second-order valence-corrected chi connectivity index (χ2v) is 17.9. The van der Waals surface area contributed by atoms with Gasteiger partial charge in [0.15, 0.2) is 4.29 Å². The standard InChI is InChI=1S/C9H9Br3O.C2H3Br3O/c10-9(11,12)7-13-6-8-4-2-1-3-5-8;3-2(4,5)1-6/h1-5H,6-7H2;6H,1H2. The van der Waals surface area contributed by atoms with Gasteiger partial charge < -0.3 is 9.84 Å². The van der Waals surface area contributed by atoms with Crippen molar-refractivity contribution < 1.29 is 9.84 Å². The van der Waals surface area contributed by atoms with Gasteiger partial charge in [-0.25, -0.2) is 0 Å². The van der Waals surface area contributed by atoms with Crippen LogP contribution in [0.5, 0.6) is 0 Å². The molecule has 8 heteroatoms. The summed E-state index contributed by atoms with van der Waals surface area (Å²) in [5, 5.41) is 8.26. The first kappa shape index (κ1) is 21.0. The van der Waals surface area contributed by atoms with Gasteiger partial charge in [-0.1, -0.05) is 126 Å². The molecular weight excluding hydrogens is 644 g/mol. The first-order valence-electron chi connectivity index (χ1n) is 5.00. The Morgan fingerprint density at radius 3 is 1.74 bits per heavy atom. The monoisotopic (exact) mass is 650 g/mol. The van der Waals surface area contributed by atoms with E-state index in [0.717, 1.165) is 0 Å². The van der Waals surface area contributed by atoms with Crippen LogP contribution in [0.4, 0.5) is 0 Å². The van der Waals surface area contributed by atoms with Crippen LogP contribution < -0.4 is 0 Å². The van der Waals surface area contributed by atoms with Crippen molar-refractivity contribution in [2.45, 2.75) is 10.9 Å². The maximum atomic E-state index is 8.26. The highest BCUT2D eigenvalue weighted by molar-refractivity contribution is 9.39. The summed E-state index contributed by atoms with van der Waals surface area (Å²) in [6.07, 6.45) is 0. The van der Waals surface area contributed by atoms with E-state index >= 15 is 0 Å². The summed E-state index contributed by atoms with van der Waals surface area (Å²) < 4.78 is 4.67. The molecule has 2 nitrogen and oxygen atoms in total. The van der Waals surface area contributed by atoms with E-state index < -0.39 is 2.14 Å². The van der Waals surface area contributed by atoms with Crippen molar-refractivity contribution in [3.8, 4) is 0 Å². The molecule has 19 heavy (non-hydrogen) atoms. The molecule has 1 N–H and O–H groups in total. The molecular formula is C11H12Br6O2. The van der Waals surface area contributed by atoms with Gasteiger partial charge in [0.05, 0.1) is 19.8 Å². The zero-order valence-electron chi connectivity index (χ0n) is 9.63. The Bertz CT molecular complexity index is 333. The van der Waals surface area contributed by atoms with Crippen LogP contribution in [0.1, 0.15) is 5.56 Å². The van der Waals surface area contributed by atoms with Gasteiger partial charge in [0.25, 0.3) is 0 Å². The molecule has 1 aromatic rings. The molecule has 0 aliphatic heterocycles. The quantitative estimate of drug-likeness (QED) is 0.414. The van der Waals surface area contributed by atoms with Crippen LogP contribution in [-0.4, -0.2) is 22.6 Å². The van der Waals surface area contributed by atoms with Crippen LogP contribution in [0.3, 0.4) is 0 Å². The van der Waals surface area contributed by atoms with Crippen LogP contribution in [0.15, 0.2) is 30.3 Å². The molecule has 0 spiro atoms. The lowest BCUT2D eigenvalue weighted by atomic mass is 10.2. The van der Waals surface area contributed by atoms with Crippen molar-refractivity contribution in [1.82, 2.24) is 0 Å². The molecule has 0 atom stereocenters. The Hall–Kier alpha value is 2.02. The van der Waals surface area contributed by atoms with Gasteiger partial charge in [-0.2, -0.15) is 0 Å². The predicted octanol–water partition coefficient (Wildman–Crippen LogP) is 5.86. The summed E-state index contributed by atoms with van der Waals surface area (Å²) >= 11 is 19.3. The molecule has 0 saturated carbocycles. The Labute approximate surface area is 163 Å². The fourth-order valence-corrected chi connectivity index (χ4v) is 1.34. The molecule has 0 radical (unpaired) electrons. The first-order chi connectivity index (χ1) is 8.64. The van der Waals surface area contributed by atoms with E-state index in [1.807, 2.05) is 30.3 Å². The summed E-state index contributed by atoms with van der Waals surface area (Å²) in [4.78, 5) is 0. The second-order valence-electron chi connectivity index (χ2n) is 3.37. The number of halogens is 6. The van der Waals surface area contributed by atoms with Gasteiger partial charge in [0.2, 0.25) is 0 Å². The van der Waals surface area contributed by atoms with Crippen molar-refractivity contribution in [2.24, 2.45) is 0 Å². The molecule has 0 heterocycles. The third-order valence-electron chi connectivity index (χ3n) is 1.56. The summed E-state index contributed by atoms with van der Waals surface area (Å²) in [7, 11) is 0. The molecule has 0 amide bonds. The van der Waals surface area contributed by atoms with Gasteiger partial charge in [-0.3, -0.25) is 0 Å². The summed E-state index contributed by atoms with van der Waals surface area (Å²) in [5.74, 6) is 0. The van der Waals surface area contributed by atoms with Crippen molar-refractivity contribution in [3.05, 3.63) is 35.9 Å². The molecule has 1 aromatic carbocycles. The van der Waals surface area contributed by atoms with Crippen molar-refractivity contribution >= 4 is 95.6 Å². The van der Waals surface area contributed by atoms with Crippen LogP contribution >= 0.6 is 95.6 Å². The van der Waals surface area contributed by atoms with Gasteiger partial charge in [0.1, 0.15) is 0 Å². The minimum Gasteiger partial charge on any atom is -0.393 e. The number of benzene rings is 1. The number of aliphatic hydroxyl groups excluding tert-OH is 1. The fraction of sp³-hybridized carbons (Fsp3) is 0.455. The molecule has 0 fully saturated rings. The maximum Gasteiger partial charge on any atom is 0.158 e. The lowest BCUT2D eigenvalue weighted by Crippen LogP contribution is -2.10. The smallest absolute Gasteiger partial charge is 0.158 e. The Balaban J connectivity index is 0.000000459. The van der Waals surface area contributed by atoms with Gasteiger partial charge in [-0.05, 0) is 5.56 Å². The number of rotatable bonds is 3. The Morgan fingerprint density at radius 2 is 1.37 bits per heavy atom. The van der Waals surface area contributed by atoms with Gasteiger partial charge >= 0.3 is 0 Å². The number of hydrogen-bond acceptors (Lipinski definition) is 2. The van der Waals surface area contributed by atoms with Gasteiger partial charge in [-0.15, -0.1) is 0 Å². The summed E-state index contributed by atoms with van der Waals surface area (Å²) in [6.45, 7) is 1.21. The van der Waals surface area contributed by atoms with E-state index in [2.05, 4.69) is 95.6 Å². The van der Waals surface area contributed by atoms with Crippen LogP contribution in [-0.2, 0) is 11.3 Å². The first-order valence-corrected chi connectivity index (χ1v) is 9.76. The summed E-state index contributed by atoms with van der Waals surface area (Å²) in [6, 6.07) is 10.1. The SMILES string of the molecule is BrC(Br)(Br)COCc1ccccc1.OCC(Br)(Br)Br. The van der Waals surface area contributed by atoms with E-state index in [1.165, 1.54) is 5.56 Å². The largest absolute Gasteiger partial charge is 0.393 e. The van der Waals surface area contributed by atoms with Crippen LogP contribution in [0.2, 0.25) is 0 Å². The molecule has 0 bridgehead atoms. The van der Waals surface area contributed by atoms with Crippen LogP contribution in [0, 0.1) is 0 Å². The van der Waals surface area contributed by atoms with E-state index in [9.17, 15) is 0 Å². The normalized spacial score (nSPS) is 11.7. The number of aliphatic hydroxyl groups is 1. The minimum atomic E-state index is -0.465. The Kier molecular flexibility index (Phi) is 11.8. The van der Waals surface area contributed by atoms with Gasteiger partial charge in [0, 0.05) is 0 Å². The molecule has 0 aliphatic carbocycles. The summed E-state index contributed by atoms with van der Waals surface area (Å²) in [5.41, 5.74) is 1.18. The highest BCUT2D eigenvalue weighted by Crippen LogP contribution is 2.33. The maximum absolute atomic E-state index is 8.26. The average molecular weight is 656 g/mol. The Morgan fingerprint density at radius 1 is 0.895 bits per heavy atom. The number of hydrogen-bond donors (Lipinski definition) is 1. The highest BCUT2D eigenvalue weighted by atomic mass is 80.0. The number of ether oxygens (including phenoxy) is 1. The van der Waals surface area contributed by atoms with Crippen molar-refractivity contribution in [1.29, 1.82) is 0 Å². The topological polar surface area (TPSA) is 29.5 Å². The molecule has 1 rings (SSSR count). The van der Waals surface area contributed by atoms with E-state index in [1.54, 1.807) is 0 Å². The fourth-order valence-electron chi connectivity index (χ4n) is 0.859.